The van der Waals surface area contributed by atoms with E-state index in [2.05, 4.69) is 31.2 Å². The average molecular weight is 277 g/mol. The molecule has 4 N–H and O–H groups in total. The quantitative estimate of drug-likeness (QED) is 0.333. The van der Waals surface area contributed by atoms with Crippen molar-refractivity contribution in [1.82, 2.24) is 5.32 Å². The van der Waals surface area contributed by atoms with Crippen molar-refractivity contribution < 1.29 is 10.0 Å². The van der Waals surface area contributed by atoms with Crippen LogP contribution in [0.3, 0.4) is 0 Å². The number of nitrogens with zero attached hydrogens (tertiary/aromatic N) is 1. The summed E-state index contributed by atoms with van der Waals surface area (Å²) in [4.78, 5) is 12.2. The highest BCUT2D eigenvalue weighted by Crippen LogP contribution is 2.19. The third kappa shape index (κ3) is 4.91. The minimum Gasteiger partial charge on any atom is -0.409 e. The molecular weight excluding hydrogens is 254 g/mol. The van der Waals surface area contributed by atoms with Crippen LogP contribution in [0.15, 0.2) is 35.5 Å². The van der Waals surface area contributed by atoms with Crippen molar-refractivity contribution in [1.29, 1.82) is 0 Å². The molecule has 0 aromatic heterocycles. The molecule has 0 saturated heterocycles. The first kappa shape index (κ1) is 16.0. The Labute approximate surface area is 119 Å². The van der Waals surface area contributed by atoms with Gasteiger partial charge in [-0.15, -0.1) is 0 Å². The number of amides is 1. The van der Waals surface area contributed by atoms with Crippen LogP contribution in [0.5, 0.6) is 0 Å². The zero-order valence-electron chi connectivity index (χ0n) is 12.3. The first-order chi connectivity index (χ1) is 9.35. The Morgan fingerprint density at radius 1 is 1.35 bits per heavy atom. The molecule has 0 aliphatic rings. The second-order valence-corrected chi connectivity index (χ2v) is 5.97. The Kier molecular flexibility index (Phi) is 5.55. The number of amidine groups is 1. The molecule has 0 fully saturated rings. The van der Waals surface area contributed by atoms with Crippen LogP contribution in [0, 0.1) is 5.41 Å². The number of hydrogen-bond donors (Lipinski definition) is 3. The van der Waals surface area contributed by atoms with Crippen molar-refractivity contribution in [2.45, 2.75) is 33.1 Å². The molecule has 1 unspecified atom stereocenters. The van der Waals surface area contributed by atoms with Gasteiger partial charge >= 0.3 is 0 Å². The van der Waals surface area contributed by atoms with Crippen molar-refractivity contribution in [3.63, 3.8) is 0 Å². The largest absolute Gasteiger partial charge is 0.409 e. The highest BCUT2D eigenvalue weighted by molar-refractivity contribution is 6.07. The topological polar surface area (TPSA) is 87.7 Å². The molecule has 0 radical (unpaired) electrons. The molecule has 5 nitrogen and oxygen atoms in total. The van der Waals surface area contributed by atoms with E-state index in [1.165, 1.54) is 0 Å². The Morgan fingerprint density at radius 2 is 1.95 bits per heavy atom. The Bertz CT molecular complexity index is 464. The monoisotopic (exact) mass is 277 g/mol. The SMILES string of the molecule is CC(C)(C)CCNC(=O)C(/C(N)=N/O)c1ccccc1. The highest BCUT2D eigenvalue weighted by Gasteiger charge is 2.25. The standard InChI is InChI=1S/C15H23N3O2/c1-15(2,3)9-10-17-14(19)12(13(16)18-20)11-7-5-4-6-8-11/h4-8,12,20H,9-10H2,1-3H3,(H2,16,18)(H,17,19). The van der Waals surface area contributed by atoms with Gasteiger partial charge in [0.25, 0.3) is 0 Å². The Hall–Kier alpha value is -2.04. The molecular formula is C15H23N3O2. The third-order valence-corrected chi connectivity index (χ3v) is 2.98. The van der Waals surface area contributed by atoms with E-state index in [4.69, 9.17) is 10.9 Å². The van der Waals surface area contributed by atoms with Crippen LogP contribution in [0.25, 0.3) is 0 Å². The number of rotatable bonds is 5. The Balaban J connectivity index is 2.78. The lowest BCUT2D eigenvalue weighted by molar-refractivity contribution is -0.121. The van der Waals surface area contributed by atoms with Gasteiger partial charge in [0, 0.05) is 6.54 Å². The molecule has 1 aromatic carbocycles. The average Bonchev–Trinajstić information content (AvgIpc) is 2.38. The van der Waals surface area contributed by atoms with Crippen LogP contribution >= 0.6 is 0 Å². The van der Waals surface area contributed by atoms with Gasteiger partial charge in [0.1, 0.15) is 5.92 Å². The first-order valence-electron chi connectivity index (χ1n) is 6.65. The number of nitrogens with two attached hydrogens (primary N) is 1. The zero-order chi connectivity index (χ0) is 15.2. The summed E-state index contributed by atoms with van der Waals surface area (Å²) in [5.41, 5.74) is 6.50. The molecule has 0 aliphatic carbocycles. The van der Waals surface area contributed by atoms with E-state index in [0.717, 1.165) is 6.42 Å². The van der Waals surface area contributed by atoms with Crippen LogP contribution in [-0.4, -0.2) is 23.5 Å². The predicted octanol–water partition coefficient (Wildman–Crippen LogP) is 2.07. The molecule has 20 heavy (non-hydrogen) atoms. The molecule has 0 aliphatic heterocycles. The molecule has 1 amide bonds. The summed E-state index contributed by atoms with van der Waals surface area (Å²) in [5, 5.41) is 14.7. The fourth-order valence-corrected chi connectivity index (χ4v) is 1.82. The summed E-state index contributed by atoms with van der Waals surface area (Å²) in [7, 11) is 0. The van der Waals surface area contributed by atoms with Crippen molar-refractivity contribution in [2.24, 2.45) is 16.3 Å². The lowest BCUT2D eigenvalue weighted by Gasteiger charge is -2.20. The summed E-state index contributed by atoms with van der Waals surface area (Å²) < 4.78 is 0. The van der Waals surface area contributed by atoms with E-state index in [1.54, 1.807) is 12.1 Å². The number of carbonyl (C=O) groups is 1. The van der Waals surface area contributed by atoms with E-state index >= 15 is 0 Å². The van der Waals surface area contributed by atoms with Gasteiger partial charge in [0.15, 0.2) is 5.84 Å². The van der Waals surface area contributed by atoms with Crippen LogP contribution in [0.4, 0.5) is 0 Å². The summed E-state index contributed by atoms with van der Waals surface area (Å²) in [6, 6.07) is 9.05. The number of benzene rings is 1. The van der Waals surface area contributed by atoms with Crippen LogP contribution in [-0.2, 0) is 4.79 Å². The number of nitrogens with one attached hydrogen (secondary N) is 1. The van der Waals surface area contributed by atoms with Crippen molar-refractivity contribution in [3.8, 4) is 0 Å². The fraction of sp³-hybridized carbons (Fsp3) is 0.467. The molecule has 1 rings (SSSR count). The van der Waals surface area contributed by atoms with Crippen LogP contribution in [0.2, 0.25) is 0 Å². The van der Waals surface area contributed by atoms with E-state index in [1.807, 2.05) is 18.2 Å². The maximum Gasteiger partial charge on any atom is 0.235 e. The Morgan fingerprint density at radius 3 is 2.45 bits per heavy atom. The first-order valence-corrected chi connectivity index (χ1v) is 6.65. The van der Waals surface area contributed by atoms with Crippen LogP contribution < -0.4 is 11.1 Å². The summed E-state index contributed by atoms with van der Waals surface area (Å²) in [6.45, 7) is 6.89. The fourth-order valence-electron chi connectivity index (χ4n) is 1.82. The summed E-state index contributed by atoms with van der Waals surface area (Å²) >= 11 is 0. The second kappa shape index (κ2) is 6.93. The molecule has 1 atom stereocenters. The molecule has 0 bridgehead atoms. The number of oxime groups is 1. The zero-order valence-corrected chi connectivity index (χ0v) is 12.3. The van der Waals surface area contributed by atoms with Gasteiger partial charge in [0.05, 0.1) is 0 Å². The van der Waals surface area contributed by atoms with E-state index in [9.17, 15) is 4.79 Å². The minimum absolute atomic E-state index is 0.107. The smallest absolute Gasteiger partial charge is 0.235 e. The molecule has 5 heteroatoms. The lowest BCUT2D eigenvalue weighted by Crippen LogP contribution is -2.38. The molecule has 0 heterocycles. The summed E-state index contributed by atoms with van der Waals surface area (Å²) in [5.74, 6) is -1.12. The number of carbonyl (C=O) groups excluding carboxylic acids is 1. The van der Waals surface area contributed by atoms with Crippen molar-refractivity contribution in [3.05, 3.63) is 35.9 Å². The second-order valence-electron chi connectivity index (χ2n) is 5.97. The lowest BCUT2D eigenvalue weighted by atomic mass is 9.92. The molecule has 1 aromatic rings. The highest BCUT2D eigenvalue weighted by atomic mass is 16.4. The van der Waals surface area contributed by atoms with Gasteiger partial charge < -0.3 is 16.3 Å². The number of hydrogen-bond acceptors (Lipinski definition) is 3. The van der Waals surface area contributed by atoms with Crippen molar-refractivity contribution >= 4 is 11.7 Å². The van der Waals surface area contributed by atoms with E-state index < -0.39 is 5.92 Å². The van der Waals surface area contributed by atoms with Gasteiger partial charge in [-0.2, -0.15) is 0 Å². The van der Waals surface area contributed by atoms with Gasteiger partial charge in [0.2, 0.25) is 5.91 Å². The maximum atomic E-state index is 12.2. The van der Waals surface area contributed by atoms with Gasteiger partial charge in [-0.05, 0) is 17.4 Å². The minimum atomic E-state index is -0.763. The predicted molar refractivity (Wildman–Crippen MR) is 79.7 cm³/mol. The van der Waals surface area contributed by atoms with E-state index in [-0.39, 0.29) is 17.2 Å². The van der Waals surface area contributed by atoms with Gasteiger partial charge in [-0.3, -0.25) is 4.79 Å². The van der Waals surface area contributed by atoms with Gasteiger partial charge in [-0.25, -0.2) is 0 Å². The van der Waals surface area contributed by atoms with Crippen molar-refractivity contribution in [2.75, 3.05) is 6.54 Å². The molecule has 0 saturated carbocycles. The third-order valence-electron chi connectivity index (χ3n) is 2.98. The molecule has 0 spiro atoms. The normalized spacial score (nSPS) is 13.8. The summed E-state index contributed by atoms with van der Waals surface area (Å²) in [6.07, 6.45) is 0.858. The van der Waals surface area contributed by atoms with Gasteiger partial charge in [-0.1, -0.05) is 56.3 Å². The maximum absolute atomic E-state index is 12.2. The van der Waals surface area contributed by atoms with Crippen LogP contribution in [0.1, 0.15) is 38.7 Å². The van der Waals surface area contributed by atoms with E-state index in [0.29, 0.717) is 12.1 Å². The molecule has 110 valence electrons.